The van der Waals surface area contributed by atoms with E-state index in [0.717, 1.165) is 0 Å². The van der Waals surface area contributed by atoms with Crippen LogP contribution in [0.25, 0.3) is 43.6 Å². The van der Waals surface area contributed by atoms with Crippen LogP contribution in [-0.4, -0.2) is 0 Å². The molecule has 0 saturated heterocycles. The Labute approximate surface area is 159 Å². The van der Waals surface area contributed by atoms with Crippen molar-refractivity contribution in [1.82, 2.24) is 0 Å². The first kappa shape index (κ1) is 14.2. The fourth-order valence-corrected chi connectivity index (χ4v) is 4.65. The van der Waals surface area contributed by atoms with E-state index in [4.69, 9.17) is 0 Å². The molecule has 0 atom stereocenters. The molecular formula is C24H16N4+4. The summed E-state index contributed by atoms with van der Waals surface area (Å²) in [5.74, 6) is 0. The highest BCUT2D eigenvalue weighted by molar-refractivity contribution is 6.00. The largest absolute Gasteiger partial charge is 0.362 e. The Morgan fingerprint density at radius 1 is 0.321 bits per heavy atom. The van der Waals surface area contributed by atoms with Gasteiger partial charge in [-0.05, 0) is 48.5 Å². The van der Waals surface area contributed by atoms with Crippen LogP contribution < -0.4 is 18.1 Å². The highest BCUT2D eigenvalue weighted by Crippen LogP contribution is 2.21. The summed E-state index contributed by atoms with van der Waals surface area (Å²) in [4.78, 5) is 0. The van der Waals surface area contributed by atoms with Gasteiger partial charge >= 0.3 is 22.1 Å². The van der Waals surface area contributed by atoms with Gasteiger partial charge in [0, 0.05) is 24.3 Å². The quantitative estimate of drug-likeness (QED) is 0.292. The summed E-state index contributed by atoms with van der Waals surface area (Å²) in [5, 5.41) is 4.86. The van der Waals surface area contributed by atoms with Crippen LogP contribution in [0.2, 0.25) is 0 Å². The Kier molecular flexibility index (Phi) is 2.46. The average Bonchev–Trinajstić information content (AvgIpc) is 2.76. The standard InChI is InChI=1S/C24H16N4/c1-5-17-9-10-18-7-3-15-27-22(18)21(17)25(13-1)26-14-2-6-19-11-12-20-8-4-16-28(27)24(20)23(19)26/h1-16H/q+4. The number of fused-ring (bicyclic) bond motifs is 2. The molecule has 4 heteroatoms. The molecule has 7 aromatic rings. The van der Waals surface area contributed by atoms with Gasteiger partial charge in [-0.1, -0.05) is 0 Å². The molecule has 0 saturated carbocycles. The smallest absolute Gasteiger partial charge is 0.0469 e. The van der Waals surface area contributed by atoms with Crippen molar-refractivity contribution in [2.24, 2.45) is 0 Å². The van der Waals surface area contributed by atoms with Crippen molar-refractivity contribution in [3.8, 4) is 0 Å². The first-order valence-corrected chi connectivity index (χ1v) is 9.47. The number of hydrogen-bond donors (Lipinski definition) is 0. The van der Waals surface area contributed by atoms with Crippen molar-refractivity contribution in [2.45, 2.75) is 0 Å². The molecule has 0 bridgehead atoms. The molecule has 0 aliphatic heterocycles. The lowest BCUT2D eigenvalue weighted by Crippen LogP contribution is -2.59. The van der Waals surface area contributed by atoms with E-state index in [9.17, 15) is 0 Å². The van der Waals surface area contributed by atoms with Gasteiger partial charge in [0.05, 0.1) is 39.6 Å². The third-order valence-corrected chi connectivity index (χ3v) is 5.82. The summed E-state index contributed by atoms with van der Waals surface area (Å²) < 4.78 is 9.08. The van der Waals surface area contributed by atoms with Gasteiger partial charge < -0.3 is 0 Å². The Morgan fingerprint density at radius 2 is 0.571 bits per heavy atom. The van der Waals surface area contributed by atoms with Gasteiger partial charge in [0.15, 0.2) is 0 Å². The van der Waals surface area contributed by atoms with Crippen molar-refractivity contribution < 1.29 is 18.1 Å². The van der Waals surface area contributed by atoms with Gasteiger partial charge in [-0.25, -0.2) is 0 Å². The summed E-state index contributed by atoms with van der Waals surface area (Å²) in [6.07, 6.45) is 8.60. The van der Waals surface area contributed by atoms with Gasteiger partial charge in [-0.3, -0.25) is 0 Å². The lowest BCUT2D eigenvalue weighted by atomic mass is 10.1. The Bertz CT molecular complexity index is 1460. The molecule has 5 heterocycles. The normalized spacial score (nSPS) is 12.3. The molecule has 128 valence electrons. The van der Waals surface area contributed by atoms with E-state index in [1.54, 1.807) is 0 Å². The van der Waals surface area contributed by atoms with E-state index < -0.39 is 0 Å². The molecule has 4 nitrogen and oxygen atoms in total. The lowest BCUT2D eigenvalue weighted by Gasteiger charge is -1.99. The van der Waals surface area contributed by atoms with Gasteiger partial charge in [0.1, 0.15) is 0 Å². The number of aromatic nitrogens is 4. The molecular weight excluding hydrogens is 344 g/mol. The monoisotopic (exact) mass is 360 g/mol. The van der Waals surface area contributed by atoms with Crippen LogP contribution in [0.1, 0.15) is 0 Å². The summed E-state index contributed by atoms with van der Waals surface area (Å²) in [6, 6.07) is 26.0. The Balaban J connectivity index is 2.06. The number of hydrogen-bond acceptors (Lipinski definition) is 0. The Hall–Kier alpha value is -3.92. The van der Waals surface area contributed by atoms with Crippen LogP contribution in [0.4, 0.5) is 0 Å². The van der Waals surface area contributed by atoms with Gasteiger partial charge in [-0.2, -0.15) is 0 Å². The second-order valence-corrected chi connectivity index (χ2v) is 7.29. The molecule has 0 spiro atoms. The van der Waals surface area contributed by atoms with Crippen LogP contribution in [0.3, 0.4) is 0 Å². The van der Waals surface area contributed by atoms with Crippen LogP contribution in [0.5, 0.6) is 0 Å². The van der Waals surface area contributed by atoms with Crippen LogP contribution in [0.15, 0.2) is 97.6 Å². The second-order valence-electron chi connectivity index (χ2n) is 7.29. The molecule has 7 rings (SSSR count). The minimum absolute atomic E-state index is 1.19. The zero-order valence-corrected chi connectivity index (χ0v) is 15.0. The number of pyridine rings is 4. The summed E-state index contributed by atoms with van der Waals surface area (Å²) in [6.45, 7) is 0. The first-order valence-electron chi connectivity index (χ1n) is 9.47. The van der Waals surface area contributed by atoms with E-state index in [0.29, 0.717) is 0 Å². The molecule has 0 N–H and O–H groups in total. The first-order chi connectivity index (χ1) is 13.9. The molecule has 0 fully saturated rings. The SMILES string of the molecule is c1cc2ccc3ccc[n+]4c3c2[n+](c1)[n+]1cccc2ccc3ccc[n+]4c3c21. The molecule has 0 aliphatic rings. The number of rotatable bonds is 0. The van der Waals surface area contributed by atoms with Gasteiger partial charge in [0.2, 0.25) is 24.8 Å². The topological polar surface area (TPSA) is 16.4 Å². The maximum absolute atomic E-state index is 2.27. The zero-order valence-electron chi connectivity index (χ0n) is 15.0. The molecule has 0 aliphatic carbocycles. The van der Waals surface area contributed by atoms with E-state index >= 15 is 0 Å². The molecule has 28 heavy (non-hydrogen) atoms. The number of benzene rings is 2. The summed E-state index contributed by atoms with van der Waals surface area (Å²) in [5.41, 5.74) is 4.77. The second kappa shape index (κ2) is 4.87. The molecule has 2 aromatic carbocycles. The predicted octanol–water partition coefficient (Wildman–Crippen LogP) is 2.39. The van der Waals surface area contributed by atoms with Crippen LogP contribution >= 0.6 is 0 Å². The fraction of sp³-hybridized carbons (Fsp3) is 0. The van der Waals surface area contributed by atoms with E-state index in [-0.39, 0.29) is 0 Å². The minimum atomic E-state index is 1.19. The molecule has 0 unspecified atom stereocenters. The maximum atomic E-state index is 2.27. The highest BCUT2D eigenvalue weighted by Gasteiger charge is 2.33. The van der Waals surface area contributed by atoms with Crippen LogP contribution in [-0.2, 0) is 0 Å². The number of nitrogens with zero attached hydrogens (tertiary/aromatic N) is 4. The van der Waals surface area contributed by atoms with Crippen molar-refractivity contribution in [1.29, 1.82) is 0 Å². The average molecular weight is 360 g/mol. The van der Waals surface area contributed by atoms with Gasteiger partial charge in [0.25, 0.3) is 0 Å². The van der Waals surface area contributed by atoms with Gasteiger partial charge in [-0.15, -0.1) is 0 Å². The summed E-state index contributed by atoms with van der Waals surface area (Å²) >= 11 is 0. The molecule has 0 radical (unpaired) electrons. The highest BCUT2D eigenvalue weighted by atomic mass is 15.3. The van der Waals surface area contributed by atoms with Crippen molar-refractivity contribution >= 4 is 43.6 Å². The lowest BCUT2D eigenvalue weighted by molar-refractivity contribution is -1.12. The third-order valence-electron chi connectivity index (χ3n) is 5.82. The Morgan fingerprint density at radius 3 is 0.821 bits per heavy atom. The fourth-order valence-electron chi connectivity index (χ4n) is 4.65. The van der Waals surface area contributed by atoms with E-state index in [2.05, 4.69) is 116 Å². The van der Waals surface area contributed by atoms with Crippen molar-refractivity contribution in [3.63, 3.8) is 0 Å². The summed E-state index contributed by atoms with van der Waals surface area (Å²) in [7, 11) is 0. The molecule has 0 amide bonds. The zero-order chi connectivity index (χ0) is 18.2. The van der Waals surface area contributed by atoms with Crippen molar-refractivity contribution in [3.05, 3.63) is 97.6 Å². The van der Waals surface area contributed by atoms with Crippen molar-refractivity contribution in [2.75, 3.05) is 0 Å². The van der Waals surface area contributed by atoms with Crippen LogP contribution in [0, 0.1) is 0 Å². The van der Waals surface area contributed by atoms with E-state index in [1.807, 2.05) is 0 Å². The maximum Gasteiger partial charge on any atom is 0.362 e. The third kappa shape index (κ3) is 1.61. The van der Waals surface area contributed by atoms with E-state index in [1.165, 1.54) is 43.6 Å². The molecule has 5 aromatic heterocycles. The minimum Gasteiger partial charge on any atom is -0.0469 e. The predicted molar refractivity (Wildman–Crippen MR) is 105 cm³/mol.